The van der Waals surface area contributed by atoms with Crippen LogP contribution in [-0.2, 0) is 6.61 Å². The highest BCUT2D eigenvalue weighted by atomic mass is 79.9. The van der Waals surface area contributed by atoms with Gasteiger partial charge in [-0.1, -0.05) is 45.2 Å². The van der Waals surface area contributed by atoms with E-state index in [0.717, 1.165) is 15.8 Å². The molecule has 5 heteroatoms. The molecule has 0 spiro atoms. The van der Waals surface area contributed by atoms with Gasteiger partial charge in [-0.05, 0) is 36.8 Å². The molecule has 1 aromatic carbocycles. The van der Waals surface area contributed by atoms with Crippen LogP contribution in [0.25, 0.3) is 0 Å². The Labute approximate surface area is 124 Å². The molecule has 0 bridgehead atoms. The second-order valence-electron chi connectivity index (χ2n) is 3.76. The van der Waals surface area contributed by atoms with Crippen LogP contribution in [0.5, 0.6) is 5.75 Å². The van der Waals surface area contributed by atoms with E-state index in [-0.39, 0.29) is 6.61 Å². The molecule has 18 heavy (non-hydrogen) atoms. The van der Waals surface area contributed by atoms with E-state index in [1.807, 2.05) is 25.1 Å². The first kappa shape index (κ1) is 13.7. The highest BCUT2D eigenvalue weighted by Gasteiger charge is 2.06. The molecule has 1 aromatic heterocycles. The van der Waals surface area contributed by atoms with Crippen LogP contribution < -0.4 is 4.74 Å². The molecule has 0 aliphatic carbocycles. The summed E-state index contributed by atoms with van der Waals surface area (Å²) in [5, 5.41) is 0.955. The number of pyridine rings is 1. The molecule has 2 aromatic rings. The molecule has 0 N–H and O–H groups in total. The predicted octanol–water partition coefficient (Wildman–Crippen LogP) is 5.04. The number of ether oxygens (including phenoxy) is 1. The summed E-state index contributed by atoms with van der Waals surface area (Å²) < 4.78 is 6.67. The van der Waals surface area contributed by atoms with Crippen molar-refractivity contribution in [2.45, 2.75) is 13.5 Å². The van der Waals surface area contributed by atoms with E-state index in [9.17, 15) is 0 Å². The second-order valence-corrected chi connectivity index (χ2v) is 5.47. The molecular weight excluding hydrogens is 337 g/mol. The smallest absolute Gasteiger partial charge is 0.132 e. The van der Waals surface area contributed by atoms with Gasteiger partial charge in [-0.25, -0.2) is 4.98 Å². The lowest BCUT2D eigenvalue weighted by atomic mass is 10.2. The molecule has 0 unspecified atom stereocenters. The zero-order valence-corrected chi connectivity index (χ0v) is 12.7. The normalized spacial score (nSPS) is 10.4. The molecule has 0 amide bonds. The quantitative estimate of drug-likeness (QED) is 0.726. The Morgan fingerprint density at radius 2 is 2.00 bits per heavy atom. The van der Waals surface area contributed by atoms with Crippen LogP contribution in [0.4, 0.5) is 0 Å². The Morgan fingerprint density at radius 1 is 1.22 bits per heavy atom. The van der Waals surface area contributed by atoms with E-state index in [0.29, 0.717) is 15.9 Å². The third-order valence-electron chi connectivity index (χ3n) is 2.40. The van der Waals surface area contributed by atoms with Gasteiger partial charge in [0.25, 0.3) is 0 Å². The molecule has 1 heterocycles. The Kier molecular flexibility index (Phi) is 4.49. The van der Waals surface area contributed by atoms with Gasteiger partial charge < -0.3 is 4.74 Å². The van der Waals surface area contributed by atoms with Gasteiger partial charge in [0.1, 0.15) is 17.5 Å². The molecule has 0 saturated carbocycles. The fourth-order valence-electron chi connectivity index (χ4n) is 1.43. The SMILES string of the molecule is Cc1ccc(Br)cc1OCc1nc(Cl)ccc1Cl. The highest BCUT2D eigenvalue weighted by molar-refractivity contribution is 9.10. The molecule has 0 aliphatic heterocycles. The summed E-state index contributed by atoms with van der Waals surface area (Å²) in [6.45, 7) is 2.27. The first-order valence-electron chi connectivity index (χ1n) is 5.26. The number of hydrogen-bond donors (Lipinski definition) is 0. The monoisotopic (exact) mass is 345 g/mol. The predicted molar refractivity (Wildman–Crippen MR) is 77.5 cm³/mol. The zero-order valence-electron chi connectivity index (χ0n) is 9.58. The zero-order chi connectivity index (χ0) is 13.1. The summed E-state index contributed by atoms with van der Waals surface area (Å²) >= 11 is 15.3. The first-order chi connectivity index (χ1) is 8.56. The summed E-state index contributed by atoms with van der Waals surface area (Å²) in [7, 11) is 0. The van der Waals surface area contributed by atoms with Gasteiger partial charge in [0.2, 0.25) is 0 Å². The van der Waals surface area contributed by atoms with Crippen molar-refractivity contribution in [1.82, 2.24) is 4.98 Å². The minimum atomic E-state index is 0.288. The van der Waals surface area contributed by atoms with Crippen LogP contribution in [0.1, 0.15) is 11.3 Å². The Hall–Kier alpha value is -0.770. The average molecular weight is 347 g/mol. The lowest BCUT2D eigenvalue weighted by molar-refractivity contribution is 0.299. The fourth-order valence-corrected chi connectivity index (χ4v) is 2.10. The molecule has 0 aliphatic rings. The van der Waals surface area contributed by atoms with E-state index in [1.165, 1.54) is 0 Å². The number of hydrogen-bond acceptors (Lipinski definition) is 2. The third-order valence-corrected chi connectivity index (χ3v) is 3.45. The standard InChI is InChI=1S/C13H10BrCl2NO/c1-8-2-3-9(14)6-12(8)18-7-11-10(15)4-5-13(16)17-11/h2-6H,7H2,1H3. The molecular formula is C13H10BrCl2NO. The van der Waals surface area contributed by atoms with Crippen molar-refractivity contribution < 1.29 is 4.74 Å². The Bertz CT molecular complexity index is 523. The average Bonchev–Trinajstić information content (AvgIpc) is 2.34. The van der Waals surface area contributed by atoms with Crippen LogP contribution in [0.3, 0.4) is 0 Å². The van der Waals surface area contributed by atoms with Crippen molar-refractivity contribution in [3.05, 3.63) is 56.2 Å². The largest absolute Gasteiger partial charge is 0.487 e. The number of aromatic nitrogens is 1. The number of rotatable bonds is 3. The van der Waals surface area contributed by atoms with Crippen LogP contribution in [0, 0.1) is 6.92 Å². The summed E-state index contributed by atoms with van der Waals surface area (Å²) in [4.78, 5) is 4.14. The van der Waals surface area contributed by atoms with E-state index in [1.54, 1.807) is 12.1 Å². The van der Waals surface area contributed by atoms with Gasteiger partial charge in [0, 0.05) is 4.47 Å². The summed E-state index contributed by atoms with van der Waals surface area (Å²) in [5.41, 5.74) is 1.68. The first-order valence-corrected chi connectivity index (χ1v) is 6.81. The van der Waals surface area contributed by atoms with E-state index in [4.69, 9.17) is 27.9 Å². The van der Waals surface area contributed by atoms with Gasteiger partial charge in [0.15, 0.2) is 0 Å². The number of halogens is 3. The van der Waals surface area contributed by atoms with E-state index in [2.05, 4.69) is 20.9 Å². The topological polar surface area (TPSA) is 22.1 Å². The fraction of sp³-hybridized carbons (Fsp3) is 0.154. The van der Waals surface area contributed by atoms with Crippen LogP contribution in [-0.4, -0.2) is 4.98 Å². The van der Waals surface area contributed by atoms with Gasteiger partial charge in [-0.15, -0.1) is 0 Å². The number of benzene rings is 1. The number of nitrogens with zero attached hydrogens (tertiary/aromatic N) is 1. The van der Waals surface area contributed by atoms with Crippen LogP contribution >= 0.6 is 39.1 Å². The van der Waals surface area contributed by atoms with Gasteiger partial charge in [0.05, 0.1) is 10.7 Å². The molecule has 0 atom stereocenters. The summed E-state index contributed by atoms with van der Waals surface area (Å²) in [6, 6.07) is 9.22. The van der Waals surface area contributed by atoms with Crippen molar-refractivity contribution in [1.29, 1.82) is 0 Å². The minimum Gasteiger partial charge on any atom is -0.487 e. The third kappa shape index (κ3) is 3.37. The molecule has 2 nitrogen and oxygen atoms in total. The van der Waals surface area contributed by atoms with Gasteiger partial charge in [-0.3, -0.25) is 0 Å². The van der Waals surface area contributed by atoms with Crippen LogP contribution in [0.15, 0.2) is 34.8 Å². The lowest BCUT2D eigenvalue weighted by Gasteiger charge is -2.10. The van der Waals surface area contributed by atoms with Crippen molar-refractivity contribution >= 4 is 39.1 Å². The maximum atomic E-state index is 6.02. The van der Waals surface area contributed by atoms with E-state index >= 15 is 0 Å². The van der Waals surface area contributed by atoms with E-state index < -0.39 is 0 Å². The summed E-state index contributed by atoms with van der Waals surface area (Å²) in [6.07, 6.45) is 0. The molecule has 0 saturated heterocycles. The number of aryl methyl sites for hydroxylation is 1. The van der Waals surface area contributed by atoms with Crippen LogP contribution in [0.2, 0.25) is 10.2 Å². The second kappa shape index (κ2) is 5.91. The molecule has 2 rings (SSSR count). The Morgan fingerprint density at radius 3 is 2.78 bits per heavy atom. The Balaban J connectivity index is 2.16. The minimum absolute atomic E-state index is 0.288. The lowest BCUT2D eigenvalue weighted by Crippen LogP contribution is -2.00. The van der Waals surface area contributed by atoms with Gasteiger partial charge >= 0.3 is 0 Å². The van der Waals surface area contributed by atoms with Crippen molar-refractivity contribution in [3.63, 3.8) is 0 Å². The maximum absolute atomic E-state index is 6.02. The van der Waals surface area contributed by atoms with Crippen molar-refractivity contribution in [2.24, 2.45) is 0 Å². The molecule has 0 radical (unpaired) electrons. The summed E-state index contributed by atoms with van der Waals surface area (Å²) in [5.74, 6) is 0.794. The molecule has 94 valence electrons. The van der Waals surface area contributed by atoms with Crippen molar-refractivity contribution in [3.8, 4) is 5.75 Å². The van der Waals surface area contributed by atoms with Crippen molar-refractivity contribution in [2.75, 3.05) is 0 Å². The molecule has 0 fully saturated rings. The highest BCUT2D eigenvalue weighted by Crippen LogP contribution is 2.25. The maximum Gasteiger partial charge on any atom is 0.132 e. The van der Waals surface area contributed by atoms with Gasteiger partial charge in [-0.2, -0.15) is 0 Å².